The molecule has 4 nitrogen and oxygen atoms in total. The Balaban J connectivity index is 2.60. The fourth-order valence-corrected chi connectivity index (χ4v) is 1.79. The lowest BCUT2D eigenvalue weighted by atomic mass is 9.83. The highest BCUT2D eigenvalue weighted by Crippen LogP contribution is 2.27. The maximum atomic E-state index is 12.0. The highest BCUT2D eigenvalue weighted by Gasteiger charge is 2.19. The number of pyridine rings is 1. The second-order valence-electron chi connectivity index (χ2n) is 5.24. The van der Waals surface area contributed by atoms with Gasteiger partial charge in [-0.1, -0.05) is 13.8 Å². The molecular formula is C14H22N2O2. The second kappa shape index (κ2) is 6.50. The summed E-state index contributed by atoms with van der Waals surface area (Å²) in [4.78, 5) is 16.0. The van der Waals surface area contributed by atoms with Crippen LogP contribution in [-0.2, 0) is 0 Å². The van der Waals surface area contributed by atoms with Crippen LogP contribution in [0.15, 0.2) is 18.5 Å². The minimum atomic E-state index is 0.103. The lowest BCUT2D eigenvalue weighted by Gasteiger charge is -2.23. The zero-order chi connectivity index (χ0) is 13.6. The van der Waals surface area contributed by atoms with Gasteiger partial charge < -0.3 is 10.5 Å². The number of ether oxygens (including phenoxy) is 1. The van der Waals surface area contributed by atoms with Crippen molar-refractivity contribution in [1.82, 2.24) is 4.98 Å². The van der Waals surface area contributed by atoms with Crippen molar-refractivity contribution in [2.75, 3.05) is 13.7 Å². The van der Waals surface area contributed by atoms with E-state index in [4.69, 9.17) is 10.5 Å². The number of rotatable bonds is 7. The van der Waals surface area contributed by atoms with Gasteiger partial charge in [-0.15, -0.1) is 0 Å². The third-order valence-corrected chi connectivity index (χ3v) is 3.12. The molecule has 1 rings (SSSR count). The normalized spacial score (nSPS) is 11.3. The van der Waals surface area contributed by atoms with E-state index in [1.165, 1.54) is 0 Å². The highest BCUT2D eigenvalue weighted by atomic mass is 16.5. The van der Waals surface area contributed by atoms with Crippen molar-refractivity contribution in [1.29, 1.82) is 0 Å². The Hall–Kier alpha value is -1.42. The van der Waals surface area contributed by atoms with Crippen LogP contribution >= 0.6 is 0 Å². The van der Waals surface area contributed by atoms with E-state index in [0.717, 1.165) is 12.8 Å². The quantitative estimate of drug-likeness (QED) is 0.755. The van der Waals surface area contributed by atoms with Gasteiger partial charge in [-0.3, -0.25) is 9.78 Å². The van der Waals surface area contributed by atoms with Gasteiger partial charge in [-0.25, -0.2) is 0 Å². The Kier molecular flexibility index (Phi) is 5.28. The Morgan fingerprint density at radius 2 is 2.11 bits per heavy atom. The molecular weight excluding hydrogens is 228 g/mol. The first-order valence-electron chi connectivity index (χ1n) is 6.21. The number of Topliss-reactive ketones (excluding diaryl/α,β-unsaturated/α-hetero) is 1. The zero-order valence-corrected chi connectivity index (χ0v) is 11.4. The fraction of sp³-hybridized carbons (Fsp3) is 0.571. The SMILES string of the molecule is COc1cncc(C(=O)CCC(C)(C)CCN)c1. The molecule has 0 aliphatic rings. The van der Waals surface area contributed by atoms with E-state index in [9.17, 15) is 4.79 Å². The van der Waals surface area contributed by atoms with Gasteiger partial charge in [0, 0.05) is 18.2 Å². The van der Waals surface area contributed by atoms with Crippen molar-refractivity contribution < 1.29 is 9.53 Å². The standard InChI is InChI=1S/C14H22N2O2/c1-14(2,6-7-15)5-4-13(17)11-8-12(18-3)10-16-9-11/h8-10H,4-7,15H2,1-3H3. The third kappa shape index (κ3) is 4.45. The van der Waals surface area contributed by atoms with Gasteiger partial charge in [0.25, 0.3) is 0 Å². The summed E-state index contributed by atoms with van der Waals surface area (Å²) in [5.41, 5.74) is 6.28. The summed E-state index contributed by atoms with van der Waals surface area (Å²) < 4.78 is 5.06. The molecule has 0 aliphatic heterocycles. The molecule has 0 amide bonds. The summed E-state index contributed by atoms with van der Waals surface area (Å²) in [7, 11) is 1.57. The van der Waals surface area contributed by atoms with Gasteiger partial charge in [0.2, 0.25) is 0 Å². The number of nitrogens with two attached hydrogens (primary N) is 1. The topological polar surface area (TPSA) is 65.2 Å². The number of ketones is 1. The van der Waals surface area contributed by atoms with Crippen molar-refractivity contribution in [3.63, 3.8) is 0 Å². The van der Waals surface area contributed by atoms with E-state index in [0.29, 0.717) is 24.3 Å². The number of carbonyl (C=O) groups is 1. The van der Waals surface area contributed by atoms with Crippen molar-refractivity contribution in [3.8, 4) is 5.75 Å². The molecule has 0 aromatic carbocycles. The molecule has 0 radical (unpaired) electrons. The van der Waals surface area contributed by atoms with Crippen molar-refractivity contribution in [3.05, 3.63) is 24.0 Å². The Morgan fingerprint density at radius 3 is 2.72 bits per heavy atom. The van der Waals surface area contributed by atoms with Crippen LogP contribution in [0.1, 0.15) is 43.5 Å². The predicted octanol–water partition coefficient (Wildman–Crippen LogP) is 2.43. The van der Waals surface area contributed by atoms with E-state index in [1.807, 2.05) is 0 Å². The molecule has 0 fully saturated rings. The van der Waals surface area contributed by atoms with Gasteiger partial charge in [-0.2, -0.15) is 0 Å². The summed E-state index contributed by atoms with van der Waals surface area (Å²) in [6, 6.07) is 1.73. The first-order valence-corrected chi connectivity index (χ1v) is 6.21. The number of methoxy groups -OCH3 is 1. The fourth-order valence-electron chi connectivity index (χ4n) is 1.79. The van der Waals surface area contributed by atoms with E-state index in [-0.39, 0.29) is 11.2 Å². The monoisotopic (exact) mass is 250 g/mol. The maximum absolute atomic E-state index is 12.0. The summed E-state index contributed by atoms with van der Waals surface area (Å²) in [5.74, 6) is 0.716. The Labute approximate surface area is 109 Å². The first-order chi connectivity index (χ1) is 8.48. The largest absolute Gasteiger partial charge is 0.495 e. The molecule has 0 bridgehead atoms. The molecule has 2 N–H and O–H groups in total. The second-order valence-corrected chi connectivity index (χ2v) is 5.24. The molecule has 0 saturated heterocycles. The van der Waals surface area contributed by atoms with Crippen LogP contribution in [0.2, 0.25) is 0 Å². The molecule has 18 heavy (non-hydrogen) atoms. The predicted molar refractivity (Wildman–Crippen MR) is 71.8 cm³/mol. The molecule has 0 atom stereocenters. The average molecular weight is 250 g/mol. The molecule has 1 heterocycles. The molecule has 0 spiro atoms. The number of hydrogen-bond acceptors (Lipinski definition) is 4. The minimum Gasteiger partial charge on any atom is -0.495 e. The summed E-state index contributed by atoms with van der Waals surface area (Å²) in [6.45, 7) is 4.93. The summed E-state index contributed by atoms with van der Waals surface area (Å²) >= 11 is 0. The minimum absolute atomic E-state index is 0.103. The lowest BCUT2D eigenvalue weighted by molar-refractivity contribution is 0.0961. The molecule has 0 aliphatic carbocycles. The van der Waals surface area contributed by atoms with Crippen molar-refractivity contribution in [2.45, 2.75) is 33.1 Å². The molecule has 4 heteroatoms. The van der Waals surface area contributed by atoms with Gasteiger partial charge in [0.15, 0.2) is 5.78 Å². The van der Waals surface area contributed by atoms with Crippen LogP contribution in [0.4, 0.5) is 0 Å². The van der Waals surface area contributed by atoms with Crippen LogP contribution in [0.5, 0.6) is 5.75 Å². The number of nitrogens with zero attached hydrogens (tertiary/aromatic N) is 1. The summed E-state index contributed by atoms with van der Waals surface area (Å²) in [5, 5.41) is 0. The van der Waals surface area contributed by atoms with Gasteiger partial charge in [-0.05, 0) is 30.9 Å². The number of carbonyl (C=O) groups excluding carboxylic acids is 1. The Morgan fingerprint density at radius 1 is 1.39 bits per heavy atom. The molecule has 1 aromatic rings. The van der Waals surface area contributed by atoms with Crippen molar-refractivity contribution >= 4 is 5.78 Å². The summed E-state index contributed by atoms with van der Waals surface area (Å²) in [6.07, 6.45) is 5.45. The number of aromatic nitrogens is 1. The van der Waals surface area contributed by atoms with Crippen LogP contribution in [0.3, 0.4) is 0 Å². The van der Waals surface area contributed by atoms with Gasteiger partial charge in [0.1, 0.15) is 5.75 Å². The van der Waals surface area contributed by atoms with Crippen LogP contribution in [-0.4, -0.2) is 24.4 Å². The first kappa shape index (κ1) is 14.6. The Bertz CT molecular complexity index is 403. The average Bonchev–Trinajstić information content (AvgIpc) is 2.36. The van der Waals surface area contributed by atoms with Gasteiger partial charge in [0.05, 0.1) is 13.3 Å². The highest BCUT2D eigenvalue weighted by molar-refractivity contribution is 5.96. The number of hydrogen-bond donors (Lipinski definition) is 1. The lowest BCUT2D eigenvalue weighted by Crippen LogP contribution is -2.18. The molecule has 1 aromatic heterocycles. The molecule has 0 unspecified atom stereocenters. The van der Waals surface area contributed by atoms with Crippen molar-refractivity contribution in [2.24, 2.45) is 11.1 Å². The maximum Gasteiger partial charge on any atom is 0.164 e. The van der Waals surface area contributed by atoms with Crippen LogP contribution in [0, 0.1) is 5.41 Å². The smallest absolute Gasteiger partial charge is 0.164 e. The molecule has 100 valence electrons. The van der Waals surface area contributed by atoms with Crippen LogP contribution < -0.4 is 10.5 Å². The van der Waals surface area contributed by atoms with Crippen LogP contribution in [0.25, 0.3) is 0 Å². The van der Waals surface area contributed by atoms with E-state index in [1.54, 1.807) is 25.6 Å². The van der Waals surface area contributed by atoms with Gasteiger partial charge >= 0.3 is 0 Å². The van der Waals surface area contributed by atoms with E-state index in [2.05, 4.69) is 18.8 Å². The van der Waals surface area contributed by atoms with E-state index >= 15 is 0 Å². The zero-order valence-electron chi connectivity index (χ0n) is 11.4. The van der Waals surface area contributed by atoms with E-state index < -0.39 is 0 Å². The third-order valence-electron chi connectivity index (χ3n) is 3.12. The molecule has 0 saturated carbocycles.